The van der Waals surface area contributed by atoms with Crippen molar-refractivity contribution in [3.63, 3.8) is 0 Å². The largest absolute Gasteiger partial charge is 0.481 e. The molecule has 0 fully saturated rings. The molecule has 0 aliphatic rings. The first-order chi connectivity index (χ1) is 9.65. The van der Waals surface area contributed by atoms with Crippen molar-refractivity contribution in [2.45, 2.75) is 33.9 Å². The molecule has 0 spiro atoms. The van der Waals surface area contributed by atoms with E-state index in [1.54, 1.807) is 7.11 Å². The Hall–Kier alpha value is -1.88. The normalized spacial score (nSPS) is 10.8. The standard InChI is InChI=1S/C15H22N4O/c1-5-16-9-14-11(2)18-19(12(14)3)10-13-7-6-8-15(17-13)20-4/h6-8,16H,5,9-10H2,1-4H3. The third-order valence-corrected chi connectivity index (χ3v) is 3.39. The summed E-state index contributed by atoms with van der Waals surface area (Å²) >= 11 is 0. The van der Waals surface area contributed by atoms with Gasteiger partial charge in [0, 0.05) is 23.9 Å². The Morgan fingerprint density at radius 3 is 2.80 bits per heavy atom. The van der Waals surface area contributed by atoms with Crippen molar-refractivity contribution in [1.29, 1.82) is 0 Å². The molecule has 108 valence electrons. The maximum absolute atomic E-state index is 5.15. The fourth-order valence-corrected chi connectivity index (χ4v) is 2.21. The Balaban J connectivity index is 2.20. The lowest BCUT2D eigenvalue weighted by Crippen LogP contribution is -2.13. The van der Waals surface area contributed by atoms with Gasteiger partial charge in [-0.3, -0.25) is 4.68 Å². The molecule has 0 aromatic carbocycles. The van der Waals surface area contributed by atoms with Crippen LogP contribution in [0.25, 0.3) is 0 Å². The van der Waals surface area contributed by atoms with E-state index in [1.807, 2.05) is 22.9 Å². The first kappa shape index (κ1) is 14.5. The number of nitrogens with zero attached hydrogens (tertiary/aromatic N) is 3. The summed E-state index contributed by atoms with van der Waals surface area (Å²) in [5.74, 6) is 0.636. The third-order valence-electron chi connectivity index (χ3n) is 3.39. The van der Waals surface area contributed by atoms with E-state index < -0.39 is 0 Å². The second-order valence-corrected chi connectivity index (χ2v) is 4.76. The molecule has 0 saturated heterocycles. The highest BCUT2D eigenvalue weighted by molar-refractivity contribution is 5.25. The summed E-state index contributed by atoms with van der Waals surface area (Å²) in [6.07, 6.45) is 0. The quantitative estimate of drug-likeness (QED) is 0.876. The van der Waals surface area contributed by atoms with Crippen molar-refractivity contribution >= 4 is 0 Å². The van der Waals surface area contributed by atoms with Gasteiger partial charge in [-0.1, -0.05) is 13.0 Å². The molecule has 2 rings (SSSR count). The molecule has 0 amide bonds. The average molecular weight is 274 g/mol. The highest BCUT2D eigenvalue weighted by Crippen LogP contribution is 2.15. The van der Waals surface area contributed by atoms with E-state index in [1.165, 1.54) is 11.3 Å². The summed E-state index contributed by atoms with van der Waals surface area (Å²) < 4.78 is 7.16. The molecular weight excluding hydrogens is 252 g/mol. The SMILES string of the molecule is CCNCc1c(C)nn(Cc2cccc(OC)n2)c1C. The molecule has 5 nitrogen and oxygen atoms in total. The maximum Gasteiger partial charge on any atom is 0.213 e. The molecule has 2 aromatic rings. The third kappa shape index (κ3) is 3.17. The zero-order chi connectivity index (χ0) is 14.5. The van der Waals surface area contributed by atoms with Gasteiger partial charge in [0.15, 0.2) is 0 Å². The van der Waals surface area contributed by atoms with E-state index in [2.05, 4.69) is 36.2 Å². The molecule has 0 unspecified atom stereocenters. The Kier molecular flexibility index (Phi) is 4.74. The number of hydrogen-bond donors (Lipinski definition) is 1. The summed E-state index contributed by atoms with van der Waals surface area (Å²) in [7, 11) is 1.63. The van der Waals surface area contributed by atoms with Gasteiger partial charge in [0.25, 0.3) is 0 Å². The summed E-state index contributed by atoms with van der Waals surface area (Å²) in [6.45, 7) is 8.74. The number of pyridine rings is 1. The highest BCUT2D eigenvalue weighted by atomic mass is 16.5. The van der Waals surface area contributed by atoms with E-state index in [4.69, 9.17) is 4.74 Å². The van der Waals surface area contributed by atoms with Gasteiger partial charge in [-0.25, -0.2) is 4.98 Å². The summed E-state index contributed by atoms with van der Waals surface area (Å²) in [6, 6.07) is 5.79. The summed E-state index contributed by atoms with van der Waals surface area (Å²) in [4.78, 5) is 4.43. The van der Waals surface area contributed by atoms with E-state index in [-0.39, 0.29) is 0 Å². The van der Waals surface area contributed by atoms with Crippen LogP contribution < -0.4 is 10.1 Å². The minimum absolute atomic E-state index is 0.636. The van der Waals surface area contributed by atoms with E-state index in [0.29, 0.717) is 12.4 Å². The monoisotopic (exact) mass is 274 g/mol. The molecule has 0 bridgehead atoms. The molecule has 0 radical (unpaired) electrons. The lowest BCUT2D eigenvalue weighted by Gasteiger charge is -2.07. The number of hydrogen-bond acceptors (Lipinski definition) is 4. The molecule has 20 heavy (non-hydrogen) atoms. The van der Waals surface area contributed by atoms with Gasteiger partial charge in [-0.15, -0.1) is 0 Å². The number of nitrogens with one attached hydrogen (secondary N) is 1. The first-order valence-electron chi connectivity index (χ1n) is 6.89. The van der Waals surface area contributed by atoms with Crippen LogP contribution in [0, 0.1) is 13.8 Å². The highest BCUT2D eigenvalue weighted by Gasteiger charge is 2.11. The molecule has 5 heteroatoms. The second kappa shape index (κ2) is 6.52. The molecule has 0 aliphatic carbocycles. The van der Waals surface area contributed by atoms with Gasteiger partial charge in [0.2, 0.25) is 5.88 Å². The maximum atomic E-state index is 5.15. The van der Waals surface area contributed by atoms with Crippen LogP contribution in [0.1, 0.15) is 29.6 Å². The van der Waals surface area contributed by atoms with Crippen molar-refractivity contribution in [2.24, 2.45) is 0 Å². The number of aryl methyl sites for hydroxylation is 1. The van der Waals surface area contributed by atoms with Crippen LogP contribution in [0.3, 0.4) is 0 Å². The van der Waals surface area contributed by atoms with Gasteiger partial charge in [-0.05, 0) is 26.5 Å². The van der Waals surface area contributed by atoms with Crippen LogP contribution in [0.5, 0.6) is 5.88 Å². The van der Waals surface area contributed by atoms with Gasteiger partial charge in [0.05, 0.1) is 25.0 Å². The number of ether oxygens (including phenoxy) is 1. The summed E-state index contributed by atoms with van der Waals surface area (Å²) in [5, 5.41) is 7.96. The van der Waals surface area contributed by atoms with E-state index >= 15 is 0 Å². The topological polar surface area (TPSA) is 52.0 Å². The summed E-state index contributed by atoms with van der Waals surface area (Å²) in [5.41, 5.74) is 4.49. The minimum atomic E-state index is 0.636. The number of aromatic nitrogens is 3. The van der Waals surface area contributed by atoms with Crippen molar-refractivity contribution in [2.75, 3.05) is 13.7 Å². The lowest BCUT2D eigenvalue weighted by atomic mass is 10.2. The zero-order valence-corrected chi connectivity index (χ0v) is 12.6. The van der Waals surface area contributed by atoms with Crippen LogP contribution >= 0.6 is 0 Å². The predicted molar refractivity (Wildman–Crippen MR) is 79.0 cm³/mol. The van der Waals surface area contributed by atoms with Crippen LogP contribution in [-0.2, 0) is 13.1 Å². The number of rotatable bonds is 6. The smallest absolute Gasteiger partial charge is 0.213 e. The van der Waals surface area contributed by atoms with Crippen molar-refractivity contribution in [3.8, 4) is 5.88 Å². The fraction of sp³-hybridized carbons (Fsp3) is 0.467. The molecule has 0 atom stereocenters. The second-order valence-electron chi connectivity index (χ2n) is 4.76. The Labute approximate surface area is 120 Å². The average Bonchev–Trinajstić information content (AvgIpc) is 2.72. The molecule has 2 heterocycles. The fourth-order valence-electron chi connectivity index (χ4n) is 2.21. The predicted octanol–water partition coefficient (Wildman–Crippen LogP) is 2.06. The van der Waals surface area contributed by atoms with E-state index in [9.17, 15) is 0 Å². The minimum Gasteiger partial charge on any atom is -0.481 e. The Bertz CT molecular complexity index is 577. The van der Waals surface area contributed by atoms with Crippen molar-refractivity contribution in [1.82, 2.24) is 20.1 Å². The van der Waals surface area contributed by atoms with Gasteiger partial charge in [0.1, 0.15) is 0 Å². The Morgan fingerprint density at radius 2 is 2.10 bits per heavy atom. The van der Waals surface area contributed by atoms with Crippen molar-refractivity contribution in [3.05, 3.63) is 40.8 Å². The molecular formula is C15H22N4O. The van der Waals surface area contributed by atoms with Crippen LogP contribution in [-0.4, -0.2) is 28.4 Å². The van der Waals surface area contributed by atoms with Crippen LogP contribution in [0.4, 0.5) is 0 Å². The zero-order valence-electron chi connectivity index (χ0n) is 12.6. The molecule has 1 N–H and O–H groups in total. The first-order valence-corrected chi connectivity index (χ1v) is 6.89. The van der Waals surface area contributed by atoms with E-state index in [0.717, 1.165) is 24.5 Å². The van der Waals surface area contributed by atoms with Gasteiger partial charge >= 0.3 is 0 Å². The van der Waals surface area contributed by atoms with Crippen LogP contribution in [0.15, 0.2) is 18.2 Å². The van der Waals surface area contributed by atoms with Gasteiger partial charge in [-0.2, -0.15) is 5.10 Å². The Morgan fingerprint density at radius 1 is 1.30 bits per heavy atom. The van der Waals surface area contributed by atoms with Crippen molar-refractivity contribution < 1.29 is 4.74 Å². The number of methoxy groups -OCH3 is 1. The lowest BCUT2D eigenvalue weighted by molar-refractivity contribution is 0.395. The molecule has 0 aliphatic heterocycles. The van der Waals surface area contributed by atoms with Crippen LogP contribution in [0.2, 0.25) is 0 Å². The molecule has 2 aromatic heterocycles. The molecule has 0 saturated carbocycles. The van der Waals surface area contributed by atoms with Gasteiger partial charge < -0.3 is 10.1 Å².